The van der Waals surface area contributed by atoms with Gasteiger partial charge in [-0.2, -0.15) is 0 Å². The van der Waals surface area contributed by atoms with Gasteiger partial charge < -0.3 is 55.4 Å². The molecule has 0 spiro atoms. The van der Waals surface area contributed by atoms with Crippen molar-refractivity contribution in [1.82, 2.24) is 0 Å². The Labute approximate surface area is 130 Å². The highest BCUT2D eigenvalue weighted by molar-refractivity contribution is 5.12. The van der Waals surface area contributed by atoms with E-state index >= 15 is 0 Å². The van der Waals surface area contributed by atoms with E-state index in [9.17, 15) is 40.9 Å². The van der Waals surface area contributed by atoms with Crippen molar-refractivity contribution in [3.05, 3.63) is 0 Å². The zero-order chi connectivity index (χ0) is 17.7. The Morgan fingerprint density at radius 1 is 0.783 bits per heavy atom. The summed E-state index contributed by atoms with van der Waals surface area (Å²) in [6.07, 6.45) is -15.5. The van der Waals surface area contributed by atoms with E-state index in [4.69, 9.17) is 14.6 Å². The van der Waals surface area contributed by atoms with Crippen LogP contribution < -0.4 is 0 Å². The van der Waals surface area contributed by atoms with Crippen LogP contribution in [0.3, 0.4) is 0 Å². The lowest BCUT2D eigenvalue weighted by atomic mass is 9.75. The molecule has 0 amide bonds. The van der Waals surface area contributed by atoms with Crippen LogP contribution in [0.15, 0.2) is 0 Å². The van der Waals surface area contributed by atoms with Gasteiger partial charge in [0.25, 0.3) is 0 Å². The largest absolute Gasteiger partial charge is 0.394 e. The first-order chi connectivity index (χ1) is 10.5. The molecule has 2 unspecified atom stereocenters. The molecular formula is C12H22O11. The quantitative estimate of drug-likeness (QED) is 0.231. The molecule has 136 valence electrons. The van der Waals surface area contributed by atoms with Crippen LogP contribution in [0, 0.1) is 0 Å². The van der Waals surface area contributed by atoms with Crippen molar-refractivity contribution in [2.75, 3.05) is 6.61 Å². The fraction of sp³-hybridized carbons (Fsp3) is 1.00. The average Bonchev–Trinajstić information content (AvgIpc) is 2.52. The molecular weight excluding hydrogens is 320 g/mol. The number of rotatable bonds is 2. The maximum absolute atomic E-state index is 10.7. The van der Waals surface area contributed by atoms with Gasteiger partial charge in [0, 0.05) is 0 Å². The Morgan fingerprint density at radius 3 is 1.83 bits per heavy atom. The van der Waals surface area contributed by atoms with Gasteiger partial charge >= 0.3 is 0 Å². The highest BCUT2D eigenvalue weighted by atomic mass is 16.7. The van der Waals surface area contributed by atoms with Gasteiger partial charge in [-0.1, -0.05) is 0 Å². The van der Waals surface area contributed by atoms with Crippen LogP contribution in [0.5, 0.6) is 0 Å². The number of hydrogen-bond donors (Lipinski definition) is 9. The summed E-state index contributed by atoms with van der Waals surface area (Å²) >= 11 is 0. The molecule has 9 N–H and O–H groups in total. The topological polar surface area (TPSA) is 201 Å². The van der Waals surface area contributed by atoms with Gasteiger partial charge in [-0.05, 0) is 6.92 Å². The fourth-order valence-electron chi connectivity index (χ4n) is 2.93. The maximum atomic E-state index is 10.7. The number of hydrogen-bond acceptors (Lipinski definition) is 11. The van der Waals surface area contributed by atoms with E-state index in [0.29, 0.717) is 0 Å². The second-order valence-corrected chi connectivity index (χ2v) is 6.00. The zero-order valence-electron chi connectivity index (χ0n) is 12.2. The monoisotopic (exact) mass is 342 g/mol. The van der Waals surface area contributed by atoms with Gasteiger partial charge in [0.05, 0.1) is 6.61 Å². The first kappa shape index (κ1) is 18.9. The van der Waals surface area contributed by atoms with Gasteiger partial charge in [-0.25, -0.2) is 0 Å². The normalized spacial score (nSPS) is 58.2. The van der Waals surface area contributed by atoms with Crippen LogP contribution >= 0.6 is 0 Å². The van der Waals surface area contributed by atoms with Crippen molar-refractivity contribution >= 4 is 0 Å². The van der Waals surface area contributed by atoms with E-state index in [2.05, 4.69) is 0 Å². The van der Waals surface area contributed by atoms with E-state index < -0.39 is 67.0 Å². The van der Waals surface area contributed by atoms with Crippen LogP contribution in [-0.4, -0.2) is 113 Å². The molecule has 2 aliphatic rings. The minimum Gasteiger partial charge on any atom is -0.394 e. The summed E-state index contributed by atoms with van der Waals surface area (Å²) < 4.78 is 9.96. The van der Waals surface area contributed by atoms with E-state index in [1.54, 1.807) is 0 Å². The van der Waals surface area contributed by atoms with E-state index in [0.717, 1.165) is 6.92 Å². The minimum atomic E-state index is -2.93. The lowest BCUT2D eigenvalue weighted by molar-refractivity contribution is -0.448. The zero-order valence-corrected chi connectivity index (χ0v) is 12.2. The lowest BCUT2D eigenvalue weighted by Gasteiger charge is -2.57. The summed E-state index contributed by atoms with van der Waals surface area (Å²) in [5.74, 6) is -2.93. The van der Waals surface area contributed by atoms with Crippen molar-refractivity contribution in [3.8, 4) is 0 Å². The summed E-state index contributed by atoms with van der Waals surface area (Å²) in [5.41, 5.74) is -2.42. The Balaban J connectivity index is 2.43. The van der Waals surface area contributed by atoms with Crippen LogP contribution in [0.1, 0.15) is 6.92 Å². The molecule has 0 aromatic rings. The predicted octanol–water partition coefficient (Wildman–Crippen LogP) is -5.66. The summed E-state index contributed by atoms with van der Waals surface area (Å²) in [7, 11) is 0. The van der Waals surface area contributed by atoms with Crippen molar-refractivity contribution in [2.24, 2.45) is 0 Å². The van der Waals surface area contributed by atoms with E-state index in [1.165, 1.54) is 0 Å². The third-order valence-electron chi connectivity index (χ3n) is 4.57. The molecule has 0 aromatic carbocycles. The first-order valence-corrected chi connectivity index (χ1v) is 6.96. The maximum Gasteiger partial charge on any atom is 0.227 e. The van der Waals surface area contributed by atoms with Crippen LogP contribution in [0.4, 0.5) is 0 Å². The molecule has 0 aliphatic carbocycles. The molecule has 0 radical (unpaired) electrons. The molecule has 23 heavy (non-hydrogen) atoms. The second-order valence-electron chi connectivity index (χ2n) is 6.00. The predicted molar refractivity (Wildman–Crippen MR) is 68.4 cm³/mol. The van der Waals surface area contributed by atoms with Gasteiger partial charge in [0.15, 0.2) is 11.9 Å². The minimum absolute atomic E-state index is 0.854. The Bertz CT molecular complexity index is 433. The molecule has 0 saturated carbocycles. The highest BCUT2D eigenvalue weighted by Gasteiger charge is 2.68. The van der Waals surface area contributed by atoms with Crippen LogP contribution in [0.2, 0.25) is 0 Å². The molecule has 0 bridgehead atoms. The Kier molecular flexibility index (Phi) is 5.03. The third-order valence-corrected chi connectivity index (χ3v) is 4.57. The molecule has 10 atom stereocenters. The molecule has 2 aliphatic heterocycles. The van der Waals surface area contributed by atoms with Crippen LogP contribution in [0.25, 0.3) is 0 Å². The number of aliphatic hydroxyl groups excluding tert-OH is 8. The van der Waals surface area contributed by atoms with Crippen LogP contribution in [-0.2, 0) is 9.47 Å². The molecule has 11 nitrogen and oxygen atoms in total. The SMILES string of the molecule is C[C@@]1(C2(O)O[C@H](CO)[C@@H](O)[C@H](O)[C@H]2O)OC(O)[C@H](O)[C@H](O)[C@H]1O. The van der Waals surface area contributed by atoms with Crippen molar-refractivity contribution in [1.29, 1.82) is 0 Å². The number of ether oxygens (including phenoxy) is 2. The van der Waals surface area contributed by atoms with E-state index in [1.807, 2.05) is 0 Å². The van der Waals surface area contributed by atoms with Gasteiger partial charge in [-0.15, -0.1) is 0 Å². The van der Waals surface area contributed by atoms with Gasteiger partial charge in [-0.3, -0.25) is 0 Å². The van der Waals surface area contributed by atoms with Gasteiger partial charge in [0.2, 0.25) is 5.79 Å². The standard InChI is InChI=1S/C12H22O11/c1-11(8(18)6(16)7(17)10(20)23-11)12(21)9(19)5(15)4(14)3(2-13)22-12/h3-10,13-21H,2H2,1H3/t3-,4-,5+,6+,7-,8-,9-,10?,11-,12?/m1/s1. The Hall–Kier alpha value is -0.440. The van der Waals surface area contributed by atoms with E-state index in [-0.39, 0.29) is 0 Å². The molecule has 0 aromatic heterocycles. The third kappa shape index (κ3) is 2.58. The lowest BCUT2D eigenvalue weighted by Crippen LogP contribution is -2.80. The van der Waals surface area contributed by atoms with Crippen molar-refractivity contribution < 1.29 is 55.4 Å². The molecule has 11 heteroatoms. The molecule has 2 saturated heterocycles. The smallest absolute Gasteiger partial charge is 0.227 e. The van der Waals surface area contributed by atoms with Crippen molar-refractivity contribution in [3.63, 3.8) is 0 Å². The molecule has 2 rings (SSSR count). The van der Waals surface area contributed by atoms with Crippen molar-refractivity contribution in [2.45, 2.75) is 67.3 Å². The average molecular weight is 342 g/mol. The molecule has 2 heterocycles. The highest BCUT2D eigenvalue weighted by Crippen LogP contribution is 2.44. The molecule has 2 fully saturated rings. The Morgan fingerprint density at radius 2 is 1.30 bits per heavy atom. The summed E-state index contributed by atoms with van der Waals surface area (Å²) in [4.78, 5) is 0. The summed E-state index contributed by atoms with van der Waals surface area (Å²) in [5, 5.41) is 88.4. The second kappa shape index (κ2) is 6.13. The number of aliphatic hydroxyl groups is 9. The first-order valence-electron chi connectivity index (χ1n) is 6.96. The summed E-state index contributed by atoms with van der Waals surface area (Å²) in [6.45, 7) is 0.102. The fourth-order valence-corrected chi connectivity index (χ4v) is 2.93. The van der Waals surface area contributed by atoms with Gasteiger partial charge in [0.1, 0.15) is 42.7 Å². The summed E-state index contributed by atoms with van der Waals surface area (Å²) in [6, 6.07) is 0.